The third kappa shape index (κ3) is 2.97. The van der Waals surface area contributed by atoms with Crippen molar-refractivity contribution in [1.29, 1.82) is 0 Å². The third-order valence-electron chi connectivity index (χ3n) is 2.76. The highest BCUT2D eigenvalue weighted by Crippen LogP contribution is 2.26. The van der Waals surface area contributed by atoms with Gasteiger partial charge in [-0.2, -0.15) is 0 Å². The second kappa shape index (κ2) is 5.75. The molecule has 0 saturated heterocycles. The van der Waals surface area contributed by atoms with E-state index < -0.39 is 0 Å². The van der Waals surface area contributed by atoms with Gasteiger partial charge in [0.05, 0.1) is 5.69 Å². The van der Waals surface area contributed by atoms with Crippen molar-refractivity contribution in [2.75, 3.05) is 0 Å². The van der Waals surface area contributed by atoms with E-state index in [1.807, 2.05) is 35.7 Å². The maximum atomic E-state index is 12.9. The van der Waals surface area contributed by atoms with Gasteiger partial charge in [-0.25, -0.2) is 14.4 Å². The normalized spacial score (nSPS) is 11.1. The summed E-state index contributed by atoms with van der Waals surface area (Å²) in [4.78, 5) is 8.77. The topological polar surface area (TPSA) is 25.2 Å². The summed E-state index contributed by atoms with van der Waals surface area (Å²) >= 11 is 1.47. The van der Waals surface area contributed by atoms with E-state index in [4.69, 9.17) is 0 Å². The highest BCUT2D eigenvalue weighted by atomic mass is 32.1. The molecule has 98 valence electrons. The summed E-state index contributed by atoms with van der Waals surface area (Å²) in [5.74, 6) is -0.244. The molecule has 0 amide bonds. The Morgan fingerprint density at radius 2 is 1.75 bits per heavy atom. The van der Waals surface area contributed by atoms with Crippen LogP contribution in [-0.2, 0) is 0 Å². The van der Waals surface area contributed by atoms with E-state index in [9.17, 15) is 4.39 Å². The van der Waals surface area contributed by atoms with Crippen LogP contribution in [0.15, 0.2) is 65.0 Å². The smallest absolute Gasteiger partial charge is 0.209 e. The molecule has 0 fully saturated rings. The Balaban J connectivity index is 1.80. The van der Waals surface area contributed by atoms with Gasteiger partial charge in [-0.15, -0.1) is 11.3 Å². The van der Waals surface area contributed by atoms with Gasteiger partial charge in [-0.05, 0) is 29.8 Å². The molecule has 0 bridgehead atoms. The molecule has 20 heavy (non-hydrogen) atoms. The Hall–Kier alpha value is -2.33. The average molecular weight is 282 g/mol. The predicted molar refractivity (Wildman–Crippen MR) is 81.2 cm³/mol. The summed E-state index contributed by atoms with van der Waals surface area (Å²) in [5, 5.41) is 2.61. The Morgan fingerprint density at radius 3 is 2.50 bits per heavy atom. The van der Waals surface area contributed by atoms with Crippen molar-refractivity contribution in [3.63, 3.8) is 0 Å². The molecule has 0 radical (unpaired) electrons. The van der Waals surface area contributed by atoms with Crippen molar-refractivity contribution in [2.24, 2.45) is 4.99 Å². The van der Waals surface area contributed by atoms with E-state index in [-0.39, 0.29) is 5.82 Å². The quantitative estimate of drug-likeness (QED) is 0.639. The van der Waals surface area contributed by atoms with Crippen LogP contribution < -0.4 is 0 Å². The van der Waals surface area contributed by atoms with Gasteiger partial charge in [-0.1, -0.05) is 30.3 Å². The van der Waals surface area contributed by atoms with E-state index in [1.165, 1.54) is 23.5 Å². The van der Waals surface area contributed by atoms with Crippen molar-refractivity contribution >= 4 is 22.7 Å². The number of hydrogen-bond acceptors (Lipinski definition) is 3. The Bertz CT molecular complexity index is 718. The summed E-state index contributed by atoms with van der Waals surface area (Å²) in [6.07, 6.45) is 1.78. The highest BCUT2D eigenvalue weighted by Gasteiger charge is 2.03. The zero-order valence-electron chi connectivity index (χ0n) is 10.5. The summed E-state index contributed by atoms with van der Waals surface area (Å²) in [7, 11) is 0. The van der Waals surface area contributed by atoms with Gasteiger partial charge in [0.2, 0.25) is 5.13 Å². The molecule has 3 rings (SSSR count). The van der Waals surface area contributed by atoms with Crippen molar-refractivity contribution in [1.82, 2.24) is 4.98 Å². The molecule has 2 nitrogen and oxygen atoms in total. The fourth-order valence-electron chi connectivity index (χ4n) is 1.75. The Labute approximate surface area is 120 Å². The molecule has 2 aromatic carbocycles. The number of thiazole rings is 1. The van der Waals surface area contributed by atoms with Crippen LogP contribution in [-0.4, -0.2) is 11.2 Å². The molecular weight excluding hydrogens is 271 g/mol. The van der Waals surface area contributed by atoms with Crippen LogP contribution in [0.25, 0.3) is 11.3 Å². The second-order valence-electron chi connectivity index (χ2n) is 4.19. The van der Waals surface area contributed by atoms with Crippen LogP contribution >= 0.6 is 11.3 Å². The van der Waals surface area contributed by atoms with Gasteiger partial charge >= 0.3 is 0 Å². The SMILES string of the molecule is Fc1ccc(-c2csc(/N=C/c3ccccc3)n2)cc1. The molecule has 0 aliphatic carbocycles. The molecule has 3 aromatic rings. The Morgan fingerprint density at radius 1 is 1.00 bits per heavy atom. The fourth-order valence-corrected chi connectivity index (χ4v) is 2.42. The fraction of sp³-hybridized carbons (Fsp3) is 0. The first-order valence-corrected chi connectivity index (χ1v) is 7.00. The number of nitrogens with zero attached hydrogens (tertiary/aromatic N) is 2. The predicted octanol–water partition coefficient (Wildman–Crippen LogP) is 4.70. The molecule has 1 aromatic heterocycles. The highest BCUT2D eigenvalue weighted by molar-refractivity contribution is 7.13. The third-order valence-corrected chi connectivity index (χ3v) is 3.50. The largest absolute Gasteiger partial charge is 0.227 e. The number of aromatic nitrogens is 1. The lowest BCUT2D eigenvalue weighted by Gasteiger charge is -1.94. The minimum Gasteiger partial charge on any atom is -0.227 e. The molecular formula is C16H11FN2S. The van der Waals surface area contributed by atoms with Gasteiger partial charge in [-0.3, -0.25) is 0 Å². The number of benzene rings is 2. The van der Waals surface area contributed by atoms with Crippen molar-refractivity contribution < 1.29 is 4.39 Å². The lowest BCUT2D eigenvalue weighted by Crippen LogP contribution is -1.79. The molecule has 0 atom stereocenters. The summed E-state index contributed by atoms with van der Waals surface area (Å²) in [6.45, 7) is 0. The molecule has 0 N–H and O–H groups in total. The van der Waals surface area contributed by atoms with Crippen LogP contribution in [0, 0.1) is 5.82 Å². The van der Waals surface area contributed by atoms with Gasteiger partial charge in [0.1, 0.15) is 5.82 Å². The van der Waals surface area contributed by atoms with Crippen molar-refractivity contribution in [2.45, 2.75) is 0 Å². The number of hydrogen-bond donors (Lipinski definition) is 0. The maximum absolute atomic E-state index is 12.9. The molecule has 4 heteroatoms. The number of aliphatic imine (C=N–C) groups is 1. The van der Waals surface area contributed by atoms with E-state index in [0.29, 0.717) is 5.13 Å². The number of rotatable bonds is 3. The van der Waals surface area contributed by atoms with Crippen molar-refractivity contribution in [3.05, 3.63) is 71.4 Å². The number of halogens is 1. The van der Waals surface area contributed by atoms with E-state index >= 15 is 0 Å². The lowest BCUT2D eigenvalue weighted by molar-refractivity contribution is 0.628. The van der Waals surface area contributed by atoms with Gasteiger partial charge < -0.3 is 0 Å². The standard InChI is InChI=1S/C16H11FN2S/c17-14-8-6-13(7-9-14)15-11-20-16(19-15)18-10-12-4-2-1-3-5-12/h1-11H/b18-10+. The van der Waals surface area contributed by atoms with Gasteiger partial charge in [0.15, 0.2) is 0 Å². The zero-order chi connectivity index (χ0) is 13.8. The van der Waals surface area contributed by atoms with Gasteiger partial charge in [0.25, 0.3) is 0 Å². The first-order valence-electron chi connectivity index (χ1n) is 6.12. The zero-order valence-corrected chi connectivity index (χ0v) is 11.3. The molecule has 0 aliphatic rings. The lowest BCUT2D eigenvalue weighted by atomic mass is 10.2. The van der Waals surface area contributed by atoms with E-state index in [2.05, 4.69) is 9.98 Å². The van der Waals surface area contributed by atoms with Crippen LogP contribution in [0.3, 0.4) is 0 Å². The molecule has 0 saturated carbocycles. The summed E-state index contributed by atoms with van der Waals surface area (Å²) in [5.41, 5.74) is 2.74. The van der Waals surface area contributed by atoms with Crippen LogP contribution in [0.1, 0.15) is 5.56 Å². The second-order valence-corrected chi connectivity index (χ2v) is 5.03. The molecule has 0 aliphatic heterocycles. The van der Waals surface area contributed by atoms with Gasteiger partial charge in [0, 0.05) is 17.2 Å². The summed E-state index contributed by atoms with van der Waals surface area (Å²) in [6, 6.07) is 16.2. The van der Waals surface area contributed by atoms with Crippen LogP contribution in [0.2, 0.25) is 0 Å². The Kier molecular flexibility index (Phi) is 3.65. The van der Waals surface area contributed by atoms with Crippen molar-refractivity contribution in [3.8, 4) is 11.3 Å². The van der Waals surface area contributed by atoms with E-state index in [1.54, 1.807) is 18.3 Å². The van der Waals surface area contributed by atoms with E-state index in [0.717, 1.165) is 16.8 Å². The minimum atomic E-state index is -0.244. The minimum absolute atomic E-state index is 0.244. The summed E-state index contributed by atoms with van der Waals surface area (Å²) < 4.78 is 12.9. The average Bonchev–Trinajstić information content (AvgIpc) is 2.96. The van der Waals surface area contributed by atoms with Crippen LogP contribution in [0.5, 0.6) is 0 Å². The molecule has 1 heterocycles. The maximum Gasteiger partial charge on any atom is 0.209 e. The first kappa shape index (κ1) is 12.7. The van der Waals surface area contributed by atoms with Crippen LogP contribution in [0.4, 0.5) is 9.52 Å². The first-order chi connectivity index (χ1) is 9.81. The molecule has 0 spiro atoms. The molecule has 0 unspecified atom stereocenters. The monoisotopic (exact) mass is 282 g/mol.